The van der Waals surface area contributed by atoms with Crippen LogP contribution < -0.4 is 5.56 Å². The van der Waals surface area contributed by atoms with Crippen molar-refractivity contribution < 1.29 is 8.42 Å². The first-order chi connectivity index (χ1) is 12.3. The second-order valence-electron chi connectivity index (χ2n) is 6.44. The maximum atomic E-state index is 13.0. The lowest BCUT2D eigenvalue weighted by molar-refractivity contribution is 0.504. The van der Waals surface area contributed by atoms with E-state index in [1.807, 2.05) is 44.2 Å². The zero-order valence-corrected chi connectivity index (χ0v) is 15.7. The predicted molar refractivity (Wildman–Crippen MR) is 103 cm³/mol. The molecule has 0 atom stereocenters. The number of hydrogen-bond donors (Lipinski definition) is 0. The summed E-state index contributed by atoms with van der Waals surface area (Å²) in [7, 11) is -3.27. The van der Waals surface area contributed by atoms with Crippen molar-refractivity contribution in [1.82, 2.24) is 9.78 Å². The fraction of sp³-hybridized carbons (Fsp3) is 0.200. The van der Waals surface area contributed by atoms with Gasteiger partial charge in [-0.2, -0.15) is 5.10 Å². The normalized spacial score (nSPS) is 11.7. The van der Waals surface area contributed by atoms with Crippen LogP contribution in [0.3, 0.4) is 0 Å². The highest BCUT2D eigenvalue weighted by molar-refractivity contribution is 7.90. The summed E-state index contributed by atoms with van der Waals surface area (Å²) in [6, 6.07) is 15.9. The Morgan fingerprint density at radius 2 is 1.54 bits per heavy atom. The summed E-state index contributed by atoms with van der Waals surface area (Å²) >= 11 is 0. The van der Waals surface area contributed by atoms with Crippen molar-refractivity contribution in [2.45, 2.75) is 24.8 Å². The van der Waals surface area contributed by atoms with Crippen molar-refractivity contribution in [2.75, 3.05) is 6.26 Å². The minimum Gasteiger partial charge on any atom is -0.267 e. The summed E-state index contributed by atoms with van der Waals surface area (Å²) in [6.07, 6.45) is 2.84. The van der Waals surface area contributed by atoms with Crippen LogP contribution in [0, 0.1) is 0 Å². The second kappa shape index (κ2) is 6.88. The highest BCUT2D eigenvalue weighted by atomic mass is 32.2. The molecule has 1 aromatic heterocycles. The molecular formula is C20H20N2O3S. The van der Waals surface area contributed by atoms with Gasteiger partial charge >= 0.3 is 0 Å². The Morgan fingerprint density at radius 3 is 2.08 bits per heavy atom. The van der Waals surface area contributed by atoms with Gasteiger partial charge in [-0.25, -0.2) is 13.1 Å². The van der Waals surface area contributed by atoms with Crippen molar-refractivity contribution in [3.05, 3.63) is 71.1 Å². The van der Waals surface area contributed by atoms with Gasteiger partial charge in [0.05, 0.1) is 22.7 Å². The summed E-state index contributed by atoms with van der Waals surface area (Å²) < 4.78 is 24.8. The second-order valence-corrected chi connectivity index (χ2v) is 8.46. The highest BCUT2D eigenvalue weighted by Crippen LogP contribution is 2.29. The minimum atomic E-state index is -3.27. The van der Waals surface area contributed by atoms with Crippen LogP contribution in [0.25, 0.3) is 22.3 Å². The van der Waals surface area contributed by atoms with E-state index >= 15 is 0 Å². The van der Waals surface area contributed by atoms with Crippen molar-refractivity contribution in [2.24, 2.45) is 0 Å². The van der Waals surface area contributed by atoms with Gasteiger partial charge in [0.1, 0.15) is 0 Å². The van der Waals surface area contributed by atoms with Crippen LogP contribution >= 0.6 is 0 Å². The summed E-state index contributed by atoms with van der Waals surface area (Å²) in [6.45, 7) is 3.81. The number of sulfone groups is 1. The number of rotatable bonds is 4. The average molecular weight is 368 g/mol. The van der Waals surface area contributed by atoms with Crippen LogP contribution in [0.15, 0.2) is 70.5 Å². The Hall–Kier alpha value is -2.73. The van der Waals surface area contributed by atoms with Crippen molar-refractivity contribution in [3.63, 3.8) is 0 Å². The lowest BCUT2D eigenvalue weighted by Crippen LogP contribution is -2.26. The lowest BCUT2D eigenvalue weighted by Gasteiger charge is -2.14. The molecule has 3 aromatic rings. The van der Waals surface area contributed by atoms with Gasteiger partial charge in [0.25, 0.3) is 5.56 Å². The van der Waals surface area contributed by atoms with Crippen LogP contribution in [0.4, 0.5) is 0 Å². The highest BCUT2D eigenvalue weighted by Gasteiger charge is 2.17. The number of aromatic nitrogens is 2. The van der Waals surface area contributed by atoms with E-state index in [-0.39, 0.29) is 16.5 Å². The van der Waals surface area contributed by atoms with E-state index in [1.54, 1.807) is 30.5 Å². The Morgan fingerprint density at radius 1 is 0.923 bits per heavy atom. The van der Waals surface area contributed by atoms with Gasteiger partial charge in [-0.3, -0.25) is 4.79 Å². The quantitative estimate of drug-likeness (QED) is 0.706. The molecule has 3 rings (SSSR count). The maximum absolute atomic E-state index is 13.0. The smallest absolute Gasteiger partial charge is 0.267 e. The summed E-state index contributed by atoms with van der Waals surface area (Å²) in [5, 5.41) is 4.30. The molecule has 0 saturated carbocycles. The standard InChI is InChI=1S/C20H20N2O3S/c1-14(2)22-20(23)19(16-7-5-4-6-8-16)18(13-21-22)15-9-11-17(12-10-15)26(3,24)25/h4-14H,1-3H3. The zero-order valence-electron chi connectivity index (χ0n) is 14.9. The third kappa shape index (κ3) is 3.46. The van der Waals surface area contributed by atoms with E-state index in [9.17, 15) is 13.2 Å². The molecule has 0 unspecified atom stereocenters. The number of benzene rings is 2. The molecule has 26 heavy (non-hydrogen) atoms. The third-order valence-corrected chi connectivity index (χ3v) is 5.28. The summed E-state index contributed by atoms with van der Waals surface area (Å²) in [5.74, 6) is 0. The van der Waals surface area contributed by atoms with Crippen molar-refractivity contribution in [3.8, 4) is 22.3 Å². The van der Waals surface area contributed by atoms with Gasteiger partial charge in [-0.05, 0) is 37.1 Å². The number of hydrogen-bond acceptors (Lipinski definition) is 4. The molecule has 0 fully saturated rings. The van der Waals surface area contributed by atoms with Crippen LogP contribution in [0.2, 0.25) is 0 Å². The first-order valence-electron chi connectivity index (χ1n) is 8.27. The Kier molecular flexibility index (Phi) is 4.78. The Labute approximate surface area is 152 Å². The fourth-order valence-corrected chi connectivity index (χ4v) is 3.45. The molecule has 5 nitrogen and oxygen atoms in total. The molecule has 6 heteroatoms. The van der Waals surface area contributed by atoms with E-state index in [0.717, 1.165) is 11.1 Å². The van der Waals surface area contributed by atoms with Crippen LogP contribution in [-0.4, -0.2) is 24.5 Å². The van der Waals surface area contributed by atoms with E-state index in [1.165, 1.54) is 10.9 Å². The fourth-order valence-electron chi connectivity index (χ4n) is 2.82. The Bertz CT molecular complexity index is 1080. The van der Waals surface area contributed by atoms with Gasteiger partial charge in [-0.1, -0.05) is 42.5 Å². The number of nitrogens with zero attached hydrogens (tertiary/aromatic N) is 2. The Balaban J connectivity index is 2.25. The first-order valence-corrected chi connectivity index (χ1v) is 10.2. The molecule has 0 spiro atoms. The van der Waals surface area contributed by atoms with E-state index in [2.05, 4.69) is 5.10 Å². The average Bonchev–Trinajstić information content (AvgIpc) is 2.61. The lowest BCUT2D eigenvalue weighted by atomic mass is 9.97. The van der Waals surface area contributed by atoms with E-state index < -0.39 is 9.84 Å². The molecule has 0 radical (unpaired) electrons. The molecule has 1 heterocycles. The van der Waals surface area contributed by atoms with E-state index in [4.69, 9.17) is 0 Å². The molecule has 0 saturated heterocycles. The van der Waals surface area contributed by atoms with Crippen molar-refractivity contribution >= 4 is 9.84 Å². The molecule has 0 aliphatic rings. The van der Waals surface area contributed by atoms with Crippen molar-refractivity contribution in [1.29, 1.82) is 0 Å². The molecule has 0 bridgehead atoms. The molecule has 2 aromatic carbocycles. The third-order valence-electron chi connectivity index (χ3n) is 4.15. The monoisotopic (exact) mass is 368 g/mol. The van der Waals surface area contributed by atoms with Crippen LogP contribution in [0.1, 0.15) is 19.9 Å². The molecule has 0 N–H and O–H groups in total. The SMILES string of the molecule is CC(C)n1ncc(-c2ccc(S(C)(=O)=O)cc2)c(-c2ccccc2)c1=O. The maximum Gasteiger partial charge on any atom is 0.275 e. The topological polar surface area (TPSA) is 69.0 Å². The molecule has 134 valence electrons. The zero-order chi connectivity index (χ0) is 18.9. The molecule has 0 aliphatic heterocycles. The van der Waals surface area contributed by atoms with Gasteiger partial charge < -0.3 is 0 Å². The van der Waals surface area contributed by atoms with Crippen LogP contribution in [-0.2, 0) is 9.84 Å². The largest absolute Gasteiger partial charge is 0.275 e. The summed E-state index contributed by atoms with van der Waals surface area (Å²) in [5.41, 5.74) is 2.61. The van der Waals surface area contributed by atoms with E-state index in [0.29, 0.717) is 11.1 Å². The predicted octanol–water partition coefficient (Wildman–Crippen LogP) is 3.56. The van der Waals surface area contributed by atoms with Crippen LogP contribution in [0.5, 0.6) is 0 Å². The summed E-state index contributed by atoms with van der Waals surface area (Å²) in [4.78, 5) is 13.3. The van der Waals surface area contributed by atoms with Gasteiger partial charge in [0.2, 0.25) is 0 Å². The molecular weight excluding hydrogens is 348 g/mol. The van der Waals surface area contributed by atoms with Gasteiger partial charge in [-0.15, -0.1) is 0 Å². The molecule has 0 aliphatic carbocycles. The first kappa shape index (κ1) is 18.1. The van der Waals surface area contributed by atoms with Gasteiger partial charge in [0, 0.05) is 11.8 Å². The molecule has 0 amide bonds. The van der Waals surface area contributed by atoms with Gasteiger partial charge in [0.15, 0.2) is 9.84 Å². The minimum absolute atomic E-state index is 0.0633.